The van der Waals surface area contributed by atoms with E-state index in [1.54, 1.807) is 24.3 Å². The molecule has 0 bridgehead atoms. The topological polar surface area (TPSA) is 38.3 Å². The summed E-state index contributed by atoms with van der Waals surface area (Å²) in [5.41, 5.74) is 0.528. The second-order valence-corrected chi connectivity index (χ2v) is 5.83. The molecule has 3 aromatic rings. The summed E-state index contributed by atoms with van der Waals surface area (Å²) in [4.78, 5) is 12.4. The fraction of sp³-hybridized carbons (Fsp3) is 0.0952. The van der Waals surface area contributed by atoms with Crippen LogP contribution in [0.15, 0.2) is 78.9 Å². The highest BCUT2D eigenvalue weighted by Crippen LogP contribution is 2.30. The number of rotatable bonds is 5. The quantitative estimate of drug-likeness (QED) is 0.640. The van der Waals surface area contributed by atoms with Gasteiger partial charge in [0.1, 0.15) is 12.4 Å². The zero-order chi connectivity index (χ0) is 19.3. The Bertz CT molecular complexity index is 924. The SMILES string of the molecule is O=C(Nc1cccc(C(F)(F)F)c1)c1cccc(OCc2ccccc2)c1. The monoisotopic (exact) mass is 371 g/mol. The van der Waals surface area contributed by atoms with Crippen LogP contribution in [-0.2, 0) is 12.8 Å². The number of hydrogen-bond donors (Lipinski definition) is 1. The summed E-state index contributed by atoms with van der Waals surface area (Å²) in [6, 6.07) is 20.5. The predicted octanol–water partition coefficient (Wildman–Crippen LogP) is 5.54. The van der Waals surface area contributed by atoms with Crippen LogP contribution in [0.4, 0.5) is 18.9 Å². The van der Waals surface area contributed by atoms with Crippen LogP contribution >= 0.6 is 0 Å². The number of benzene rings is 3. The maximum absolute atomic E-state index is 12.8. The zero-order valence-electron chi connectivity index (χ0n) is 14.2. The Kier molecular flexibility index (Phi) is 5.45. The standard InChI is InChI=1S/C21H16F3NO2/c22-21(23,24)17-9-5-10-18(13-17)25-20(26)16-8-4-11-19(12-16)27-14-15-6-2-1-3-7-15/h1-13H,14H2,(H,25,26). The molecule has 3 rings (SSSR count). The van der Waals surface area contributed by atoms with Crippen LogP contribution in [-0.4, -0.2) is 5.91 Å². The molecule has 1 amide bonds. The third-order valence-corrected chi connectivity index (χ3v) is 3.79. The first-order valence-electron chi connectivity index (χ1n) is 8.17. The number of halogens is 3. The molecule has 138 valence electrons. The highest BCUT2D eigenvalue weighted by atomic mass is 19.4. The lowest BCUT2D eigenvalue weighted by Gasteiger charge is -2.11. The number of anilines is 1. The van der Waals surface area contributed by atoms with Crippen molar-refractivity contribution in [1.29, 1.82) is 0 Å². The first-order chi connectivity index (χ1) is 12.9. The van der Waals surface area contributed by atoms with E-state index in [1.807, 2.05) is 30.3 Å². The van der Waals surface area contributed by atoms with Gasteiger partial charge in [0.15, 0.2) is 0 Å². The van der Waals surface area contributed by atoms with Crippen molar-refractivity contribution >= 4 is 11.6 Å². The first-order valence-corrected chi connectivity index (χ1v) is 8.17. The lowest BCUT2D eigenvalue weighted by atomic mass is 10.1. The molecule has 3 nitrogen and oxygen atoms in total. The van der Waals surface area contributed by atoms with Crippen molar-refractivity contribution in [3.8, 4) is 5.75 Å². The largest absolute Gasteiger partial charge is 0.489 e. The van der Waals surface area contributed by atoms with Crippen LogP contribution < -0.4 is 10.1 Å². The van der Waals surface area contributed by atoms with E-state index in [2.05, 4.69) is 5.32 Å². The Hall–Kier alpha value is -3.28. The maximum atomic E-state index is 12.8. The van der Waals surface area contributed by atoms with Gasteiger partial charge in [-0.15, -0.1) is 0 Å². The molecule has 0 aliphatic carbocycles. The summed E-state index contributed by atoms with van der Waals surface area (Å²) in [5, 5.41) is 2.48. The molecular formula is C21H16F3NO2. The maximum Gasteiger partial charge on any atom is 0.416 e. The van der Waals surface area contributed by atoms with Crippen molar-refractivity contribution in [2.24, 2.45) is 0 Å². The van der Waals surface area contributed by atoms with Gasteiger partial charge in [0, 0.05) is 11.3 Å². The fourth-order valence-corrected chi connectivity index (χ4v) is 2.44. The highest BCUT2D eigenvalue weighted by molar-refractivity contribution is 6.04. The minimum atomic E-state index is -4.47. The van der Waals surface area contributed by atoms with E-state index in [1.165, 1.54) is 12.1 Å². The van der Waals surface area contributed by atoms with Crippen LogP contribution in [0, 0.1) is 0 Å². The van der Waals surface area contributed by atoms with Gasteiger partial charge in [-0.3, -0.25) is 4.79 Å². The molecule has 0 aliphatic rings. The predicted molar refractivity (Wildman–Crippen MR) is 96.6 cm³/mol. The number of carbonyl (C=O) groups excluding carboxylic acids is 1. The average molecular weight is 371 g/mol. The van der Waals surface area contributed by atoms with Gasteiger partial charge in [0.2, 0.25) is 0 Å². The van der Waals surface area contributed by atoms with Crippen LogP contribution in [0.2, 0.25) is 0 Å². The third kappa shape index (κ3) is 5.10. The molecule has 0 aliphatic heterocycles. The van der Waals surface area contributed by atoms with Gasteiger partial charge in [0.05, 0.1) is 5.56 Å². The van der Waals surface area contributed by atoms with Gasteiger partial charge < -0.3 is 10.1 Å². The van der Waals surface area contributed by atoms with Crippen LogP contribution in [0.5, 0.6) is 5.75 Å². The Morgan fingerprint density at radius 1 is 0.889 bits per heavy atom. The highest BCUT2D eigenvalue weighted by Gasteiger charge is 2.30. The first kappa shape index (κ1) is 18.5. The molecule has 6 heteroatoms. The van der Waals surface area contributed by atoms with Crippen LogP contribution in [0.1, 0.15) is 21.5 Å². The molecule has 0 atom stereocenters. The van der Waals surface area contributed by atoms with E-state index in [0.29, 0.717) is 12.4 Å². The summed E-state index contributed by atoms with van der Waals surface area (Å²) in [7, 11) is 0. The van der Waals surface area contributed by atoms with Crippen molar-refractivity contribution in [2.75, 3.05) is 5.32 Å². The van der Waals surface area contributed by atoms with E-state index in [-0.39, 0.29) is 11.3 Å². The molecular weight excluding hydrogens is 355 g/mol. The molecule has 3 aromatic carbocycles. The second kappa shape index (κ2) is 7.95. The lowest BCUT2D eigenvalue weighted by molar-refractivity contribution is -0.137. The molecule has 0 fully saturated rings. The van der Waals surface area contributed by atoms with E-state index < -0.39 is 17.6 Å². The van der Waals surface area contributed by atoms with Crippen molar-refractivity contribution in [2.45, 2.75) is 12.8 Å². The summed E-state index contributed by atoms with van der Waals surface area (Å²) in [6.45, 7) is 0.347. The van der Waals surface area contributed by atoms with E-state index in [4.69, 9.17) is 4.74 Å². The molecule has 1 N–H and O–H groups in total. The molecule has 0 spiro atoms. The number of amides is 1. The van der Waals surface area contributed by atoms with Crippen molar-refractivity contribution in [3.63, 3.8) is 0 Å². The van der Waals surface area contributed by atoms with Gasteiger partial charge >= 0.3 is 6.18 Å². The molecule has 0 heterocycles. The molecule has 0 saturated heterocycles. The Morgan fingerprint density at radius 3 is 2.37 bits per heavy atom. The van der Waals surface area contributed by atoms with E-state index in [0.717, 1.165) is 17.7 Å². The Labute approximate surface area is 154 Å². The smallest absolute Gasteiger partial charge is 0.416 e. The summed E-state index contributed by atoms with van der Waals surface area (Å²) in [5.74, 6) is -0.0185. The average Bonchev–Trinajstić information content (AvgIpc) is 2.67. The summed E-state index contributed by atoms with van der Waals surface area (Å²) >= 11 is 0. The van der Waals surface area contributed by atoms with Gasteiger partial charge in [-0.25, -0.2) is 0 Å². The Morgan fingerprint density at radius 2 is 1.63 bits per heavy atom. The molecule has 0 unspecified atom stereocenters. The number of ether oxygens (including phenoxy) is 1. The molecule has 27 heavy (non-hydrogen) atoms. The van der Waals surface area contributed by atoms with Gasteiger partial charge in [-0.1, -0.05) is 42.5 Å². The van der Waals surface area contributed by atoms with Crippen LogP contribution in [0.3, 0.4) is 0 Å². The molecule has 0 aromatic heterocycles. The van der Waals surface area contributed by atoms with Crippen molar-refractivity contribution < 1.29 is 22.7 Å². The van der Waals surface area contributed by atoms with E-state index in [9.17, 15) is 18.0 Å². The van der Waals surface area contributed by atoms with Gasteiger partial charge in [-0.2, -0.15) is 13.2 Å². The fourth-order valence-electron chi connectivity index (χ4n) is 2.44. The zero-order valence-corrected chi connectivity index (χ0v) is 14.2. The number of carbonyl (C=O) groups is 1. The van der Waals surface area contributed by atoms with Crippen LogP contribution in [0.25, 0.3) is 0 Å². The minimum Gasteiger partial charge on any atom is -0.489 e. The summed E-state index contributed by atoms with van der Waals surface area (Å²) in [6.07, 6.45) is -4.47. The van der Waals surface area contributed by atoms with E-state index >= 15 is 0 Å². The molecule has 0 saturated carbocycles. The molecule has 0 radical (unpaired) electrons. The second-order valence-electron chi connectivity index (χ2n) is 5.83. The number of alkyl halides is 3. The van der Waals surface area contributed by atoms with Gasteiger partial charge in [-0.05, 0) is 42.0 Å². The number of hydrogen-bond acceptors (Lipinski definition) is 2. The Balaban J connectivity index is 1.68. The lowest BCUT2D eigenvalue weighted by Crippen LogP contribution is -2.13. The normalized spacial score (nSPS) is 11.1. The minimum absolute atomic E-state index is 0.0745. The third-order valence-electron chi connectivity index (χ3n) is 3.79. The van der Waals surface area contributed by atoms with Crippen molar-refractivity contribution in [3.05, 3.63) is 95.6 Å². The summed E-state index contributed by atoms with van der Waals surface area (Å²) < 4.78 is 44.0. The van der Waals surface area contributed by atoms with Crippen molar-refractivity contribution in [1.82, 2.24) is 0 Å². The van der Waals surface area contributed by atoms with Gasteiger partial charge in [0.25, 0.3) is 5.91 Å². The number of nitrogens with one attached hydrogen (secondary N) is 1.